The molecule has 2 heterocycles. The van der Waals surface area contributed by atoms with Crippen molar-refractivity contribution in [3.8, 4) is 0 Å². The first-order valence-corrected chi connectivity index (χ1v) is 8.89. The van der Waals surface area contributed by atoms with E-state index in [1.807, 2.05) is 6.07 Å². The molecule has 0 radical (unpaired) electrons. The third-order valence-corrected chi connectivity index (χ3v) is 4.66. The normalized spacial score (nSPS) is 16.7. The highest BCUT2D eigenvalue weighted by molar-refractivity contribution is 5.96. The van der Waals surface area contributed by atoms with Crippen molar-refractivity contribution in [2.75, 3.05) is 19.6 Å². The molecule has 27 heavy (non-hydrogen) atoms. The molecule has 1 fully saturated rings. The van der Waals surface area contributed by atoms with Crippen LogP contribution in [0, 0.1) is 0 Å². The standard InChI is InChI=1S/C19H22N4O4/c24-17(11-20-19(27)14-5-2-1-3-6-14)22-10-4-7-15(12-22)16-8-9-21-23(16)13-18(25)26/h1-3,5-6,8-9,15H,4,7,10-13H2,(H,20,27)(H,25,26)/t15-/m1/s1. The van der Waals surface area contributed by atoms with E-state index in [9.17, 15) is 14.4 Å². The Morgan fingerprint density at radius 2 is 1.96 bits per heavy atom. The number of hydrogen-bond acceptors (Lipinski definition) is 4. The molecule has 0 bridgehead atoms. The zero-order valence-corrected chi connectivity index (χ0v) is 14.9. The van der Waals surface area contributed by atoms with Crippen LogP contribution in [0.5, 0.6) is 0 Å². The number of rotatable bonds is 6. The summed E-state index contributed by atoms with van der Waals surface area (Å²) in [5, 5.41) is 15.7. The zero-order chi connectivity index (χ0) is 19.2. The molecule has 142 valence electrons. The molecule has 2 aromatic rings. The molecule has 2 amide bonds. The fraction of sp³-hybridized carbons (Fsp3) is 0.368. The molecule has 1 aliphatic heterocycles. The van der Waals surface area contributed by atoms with Gasteiger partial charge in [-0.1, -0.05) is 18.2 Å². The van der Waals surface area contributed by atoms with Crippen molar-refractivity contribution in [3.05, 3.63) is 53.9 Å². The molecule has 0 saturated carbocycles. The maximum atomic E-state index is 12.5. The van der Waals surface area contributed by atoms with Crippen LogP contribution in [0.4, 0.5) is 0 Å². The first kappa shape index (κ1) is 18.6. The maximum Gasteiger partial charge on any atom is 0.325 e. The van der Waals surface area contributed by atoms with Gasteiger partial charge in [-0.3, -0.25) is 19.1 Å². The van der Waals surface area contributed by atoms with Crippen LogP contribution in [0.15, 0.2) is 42.6 Å². The molecule has 1 saturated heterocycles. The number of piperidine rings is 1. The molecule has 2 N–H and O–H groups in total. The van der Waals surface area contributed by atoms with E-state index in [0.29, 0.717) is 18.7 Å². The fourth-order valence-electron chi connectivity index (χ4n) is 3.35. The average Bonchev–Trinajstić information content (AvgIpc) is 3.14. The summed E-state index contributed by atoms with van der Waals surface area (Å²) in [6.07, 6.45) is 3.27. The van der Waals surface area contributed by atoms with Crippen LogP contribution in [0.1, 0.15) is 34.8 Å². The third kappa shape index (κ3) is 4.72. The topological polar surface area (TPSA) is 105 Å². The van der Waals surface area contributed by atoms with Crippen LogP contribution in [-0.2, 0) is 16.1 Å². The molecular weight excluding hydrogens is 348 g/mol. The van der Waals surface area contributed by atoms with Crippen molar-refractivity contribution in [2.24, 2.45) is 0 Å². The summed E-state index contributed by atoms with van der Waals surface area (Å²) in [6.45, 7) is 0.865. The van der Waals surface area contributed by atoms with E-state index in [2.05, 4.69) is 10.4 Å². The zero-order valence-electron chi connectivity index (χ0n) is 14.9. The highest BCUT2D eigenvalue weighted by Gasteiger charge is 2.27. The van der Waals surface area contributed by atoms with Gasteiger partial charge in [0.25, 0.3) is 5.91 Å². The SMILES string of the molecule is O=C(O)Cn1nccc1[C@@H]1CCCN(C(=O)CNC(=O)c2ccccc2)C1. The number of carboxylic acid groups (broad SMARTS) is 1. The van der Waals surface area contributed by atoms with Crippen LogP contribution in [-0.4, -0.2) is 57.2 Å². The van der Waals surface area contributed by atoms with Gasteiger partial charge < -0.3 is 15.3 Å². The van der Waals surface area contributed by atoms with E-state index in [0.717, 1.165) is 18.5 Å². The largest absolute Gasteiger partial charge is 0.480 e. The predicted molar refractivity (Wildman–Crippen MR) is 97.2 cm³/mol. The molecule has 3 rings (SSSR count). The first-order valence-electron chi connectivity index (χ1n) is 8.89. The van der Waals surface area contributed by atoms with Gasteiger partial charge >= 0.3 is 5.97 Å². The molecule has 0 aliphatic carbocycles. The van der Waals surface area contributed by atoms with E-state index in [1.165, 1.54) is 4.68 Å². The lowest BCUT2D eigenvalue weighted by Crippen LogP contribution is -2.44. The molecule has 8 nitrogen and oxygen atoms in total. The monoisotopic (exact) mass is 370 g/mol. The lowest BCUT2D eigenvalue weighted by molar-refractivity contribution is -0.138. The van der Waals surface area contributed by atoms with Crippen LogP contribution < -0.4 is 5.32 Å². The molecule has 0 spiro atoms. The van der Waals surface area contributed by atoms with Gasteiger partial charge in [0.15, 0.2) is 0 Å². The van der Waals surface area contributed by atoms with E-state index < -0.39 is 5.97 Å². The van der Waals surface area contributed by atoms with Crippen molar-refractivity contribution in [1.82, 2.24) is 20.0 Å². The molecule has 1 aromatic carbocycles. The number of aliphatic carboxylic acids is 1. The number of nitrogens with zero attached hydrogens (tertiary/aromatic N) is 3. The Morgan fingerprint density at radius 3 is 2.70 bits per heavy atom. The van der Waals surface area contributed by atoms with E-state index in [4.69, 9.17) is 5.11 Å². The minimum Gasteiger partial charge on any atom is -0.480 e. The molecule has 1 atom stereocenters. The van der Waals surface area contributed by atoms with Gasteiger partial charge in [-0.25, -0.2) is 0 Å². The Labute approximate surface area is 156 Å². The molecule has 0 unspecified atom stereocenters. The summed E-state index contributed by atoms with van der Waals surface area (Å²) in [5.74, 6) is -1.34. The van der Waals surface area contributed by atoms with Crippen LogP contribution >= 0.6 is 0 Å². The second-order valence-corrected chi connectivity index (χ2v) is 6.54. The van der Waals surface area contributed by atoms with Gasteiger partial charge in [-0.2, -0.15) is 5.10 Å². The van der Waals surface area contributed by atoms with Crippen molar-refractivity contribution in [3.63, 3.8) is 0 Å². The number of carbonyl (C=O) groups is 3. The average molecular weight is 370 g/mol. The van der Waals surface area contributed by atoms with Crippen molar-refractivity contribution < 1.29 is 19.5 Å². The lowest BCUT2D eigenvalue weighted by Gasteiger charge is -2.33. The maximum absolute atomic E-state index is 12.5. The smallest absolute Gasteiger partial charge is 0.325 e. The first-order chi connectivity index (χ1) is 13.0. The number of nitrogens with one attached hydrogen (secondary N) is 1. The van der Waals surface area contributed by atoms with Crippen molar-refractivity contribution in [1.29, 1.82) is 0 Å². The van der Waals surface area contributed by atoms with Gasteiger partial charge in [0.2, 0.25) is 5.91 Å². The van der Waals surface area contributed by atoms with Gasteiger partial charge in [0, 0.05) is 36.5 Å². The number of benzene rings is 1. The minimum atomic E-state index is -0.952. The number of hydrogen-bond donors (Lipinski definition) is 2. The highest BCUT2D eigenvalue weighted by atomic mass is 16.4. The Morgan fingerprint density at radius 1 is 1.19 bits per heavy atom. The summed E-state index contributed by atoms with van der Waals surface area (Å²) in [5.41, 5.74) is 1.34. The van der Waals surface area contributed by atoms with E-state index >= 15 is 0 Å². The number of likely N-dealkylation sites (tertiary alicyclic amines) is 1. The van der Waals surface area contributed by atoms with E-state index in [-0.39, 0.29) is 30.8 Å². The number of aromatic nitrogens is 2. The van der Waals surface area contributed by atoms with E-state index in [1.54, 1.807) is 41.4 Å². The summed E-state index contributed by atoms with van der Waals surface area (Å²) in [6, 6.07) is 10.6. The Bertz CT molecular complexity index is 818. The van der Waals surface area contributed by atoms with Crippen LogP contribution in [0.3, 0.4) is 0 Å². The molecular formula is C19H22N4O4. The molecule has 1 aromatic heterocycles. The second kappa shape index (κ2) is 8.48. The van der Waals surface area contributed by atoms with Crippen molar-refractivity contribution in [2.45, 2.75) is 25.3 Å². The Hall–Kier alpha value is -3.16. The number of carbonyl (C=O) groups excluding carboxylic acids is 2. The van der Waals surface area contributed by atoms with Gasteiger partial charge in [-0.05, 0) is 31.0 Å². The fourth-order valence-corrected chi connectivity index (χ4v) is 3.35. The Kier molecular flexibility index (Phi) is 5.85. The lowest BCUT2D eigenvalue weighted by atomic mass is 9.94. The third-order valence-electron chi connectivity index (χ3n) is 4.66. The summed E-state index contributed by atoms with van der Waals surface area (Å²) >= 11 is 0. The molecule has 1 aliphatic rings. The number of amides is 2. The summed E-state index contributed by atoms with van der Waals surface area (Å²) in [7, 11) is 0. The predicted octanol–water partition coefficient (Wildman–Crippen LogP) is 1.10. The quantitative estimate of drug-likeness (QED) is 0.792. The van der Waals surface area contributed by atoms with Gasteiger partial charge in [0.05, 0.1) is 6.54 Å². The second-order valence-electron chi connectivity index (χ2n) is 6.54. The summed E-state index contributed by atoms with van der Waals surface area (Å²) < 4.78 is 1.47. The van der Waals surface area contributed by atoms with Gasteiger partial charge in [-0.15, -0.1) is 0 Å². The highest BCUT2D eigenvalue weighted by Crippen LogP contribution is 2.26. The summed E-state index contributed by atoms with van der Waals surface area (Å²) in [4.78, 5) is 37.3. The minimum absolute atomic E-state index is 0.0365. The molecule has 8 heteroatoms. The van der Waals surface area contributed by atoms with Crippen LogP contribution in [0.25, 0.3) is 0 Å². The Balaban J connectivity index is 1.58. The van der Waals surface area contributed by atoms with Gasteiger partial charge in [0.1, 0.15) is 6.54 Å². The van der Waals surface area contributed by atoms with Crippen molar-refractivity contribution >= 4 is 17.8 Å². The van der Waals surface area contributed by atoms with Crippen LogP contribution in [0.2, 0.25) is 0 Å². The number of carboxylic acids is 1.